The predicted octanol–water partition coefficient (Wildman–Crippen LogP) is 3.12. The first-order chi connectivity index (χ1) is 8.36. The molecule has 0 radical (unpaired) electrons. The maximum Gasteiger partial charge on any atom is 0.138 e. The second kappa shape index (κ2) is 4.07. The number of hydrogen-bond acceptors (Lipinski definition) is 2. The third-order valence-corrected chi connectivity index (χ3v) is 2.91. The highest BCUT2D eigenvalue weighted by atomic mass is 35.5. The zero-order valence-electron chi connectivity index (χ0n) is 8.81. The molecule has 17 heavy (non-hydrogen) atoms. The molecule has 3 aromatic rings. The van der Waals surface area contributed by atoms with E-state index in [1.165, 1.54) is 0 Å². The zero-order valence-corrected chi connectivity index (χ0v) is 9.57. The number of nitrogens with zero attached hydrogens (tertiary/aromatic N) is 2. The van der Waals surface area contributed by atoms with E-state index in [1.807, 2.05) is 18.2 Å². The van der Waals surface area contributed by atoms with Crippen molar-refractivity contribution in [2.45, 2.75) is 0 Å². The topological polar surface area (TPSA) is 57.4 Å². The van der Waals surface area contributed by atoms with Crippen molar-refractivity contribution in [1.29, 1.82) is 0 Å². The van der Waals surface area contributed by atoms with Crippen LogP contribution < -0.4 is 0 Å². The standard InChI is InChI=1S/C12H9ClN4/c13-10-8(11-14-4-5-15-11)2-1-3-9(10)12-16-6-7-17-12/h1-7H,(H,14,15)(H,16,17). The van der Waals surface area contributed by atoms with Crippen LogP contribution in [-0.4, -0.2) is 19.9 Å². The van der Waals surface area contributed by atoms with Crippen molar-refractivity contribution >= 4 is 11.6 Å². The van der Waals surface area contributed by atoms with Gasteiger partial charge in [-0.25, -0.2) is 9.97 Å². The van der Waals surface area contributed by atoms with E-state index in [9.17, 15) is 0 Å². The lowest BCUT2D eigenvalue weighted by Gasteiger charge is -2.05. The molecule has 0 saturated carbocycles. The first kappa shape index (κ1) is 10.1. The lowest BCUT2D eigenvalue weighted by atomic mass is 10.1. The van der Waals surface area contributed by atoms with Crippen LogP contribution >= 0.6 is 11.6 Å². The molecule has 2 aromatic heterocycles. The van der Waals surface area contributed by atoms with Crippen LogP contribution in [0.5, 0.6) is 0 Å². The summed E-state index contributed by atoms with van der Waals surface area (Å²) >= 11 is 6.37. The van der Waals surface area contributed by atoms with Gasteiger partial charge < -0.3 is 9.97 Å². The van der Waals surface area contributed by atoms with E-state index in [0.717, 1.165) is 22.8 Å². The van der Waals surface area contributed by atoms with E-state index in [4.69, 9.17) is 11.6 Å². The lowest BCUT2D eigenvalue weighted by molar-refractivity contribution is 1.29. The summed E-state index contributed by atoms with van der Waals surface area (Å²) in [6.45, 7) is 0. The van der Waals surface area contributed by atoms with Gasteiger partial charge in [0.05, 0.1) is 5.02 Å². The van der Waals surface area contributed by atoms with E-state index < -0.39 is 0 Å². The molecule has 0 unspecified atom stereocenters. The van der Waals surface area contributed by atoms with Gasteiger partial charge in [0.2, 0.25) is 0 Å². The Labute approximate surface area is 103 Å². The number of halogens is 1. The molecule has 2 heterocycles. The van der Waals surface area contributed by atoms with Crippen LogP contribution in [0, 0.1) is 0 Å². The van der Waals surface area contributed by atoms with Gasteiger partial charge in [0, 0.05) is 35.9 Å². The molecule has 0 bridgehead atoms. The first-order valence-corrected chi connectivity index (χ1v) is 5.52. The van der Waals surface area contributed by atoms with Crippen molar-refractivity contribution < 1.29 is 0 Å². The van der Waals surface area contributed by atoms with E-state index in [0.29, 0.717) is 5.02 Å². The number of nitrogens with one attached hydrogen (secondary N) is 2. The third kappa shape index (κ3) is 1.72. The molecular weight excluding hydrogens is 236 g/mol. The molecular formula is C12H9ClN4. The van der Waals surface area contributed by atoms with Gasteiger partial charge >= 0.3 is 0 Å². The summed E-state index contributed by atoms with van der Waals surface area (Å²) in [5.41, 5.74) is 1.73. The van der Waals surface area contributed by atoms with Crippen molar-refractivity contribution in [2.24, 2.45) is 0 Å². The van der Waals surface area contributed by atoms with Crippen molar-refractivity contribution in [3.05, 3.63) is 48.0 Å². The summed E-state index contributed by atoms with van der Waals surface area (Å²) in [5, 5.41) is 0.636. The molecule has 0 saturated heterocycles. The zero-order chi connectivity index (χ0) is 11.7. The largest absolute Gasteiger partial charge is 0.345 e. The van der Waals surface area contributed by atoms with Crippen LogP contribution in [0.1, 0.15) is 0 Å². The summed E-state index contributed by atoms with van der Waals surface area (Å²) in [6, 6.07) is 5.78. The minimum atomic E-state index is 0.636. The monoisotopic (exact) mass is 244 g/mol. The molecule has 2 N–H and O–H groups in total. The van der Waals surface area contributed by atoms with Crippen LogP contribution in [0.15, 0.2) is 43.0 Å². The van der Waals surface area contributed by atoms with Crippen LogP contribution in [0.3, 0.4) is 0 Å². The molecule has 84 valence electrons. The molecule has 0 spiro atoms. The van der Waals surface area contributed by atoms with Gasteiger partial charge in [0.1, 0.15) is 11.6 Å². The Kier molecular flexibility index (Phi) is 2.42. The van der Waals surface area contributed by atoms with Crippen molar-refractivity contribution in [3.63, 3.8) is 0 Å². The van der Waals surface area contributed by atoms with E-state index in [1.54, 1.807) is 24.8 Å². The van der Waals surface area contributed by atoms with Gasteiger partial charge in [-0.2, -0.15) is 0 Å². The normalized spacial score (nSPS) is 10.6. The van der Waals surface area contributed by atoms with Crippen LogP contribution in [0.25, 0.3) is 22.8 Å². The lowest BCUT2D eigenvalue weighted by Crippen LogP contribution is -1.87. The Morgan fingerprint density at radius 1 is 0.882 bits per heavy atom. The molecule has 0 fully saturated rings. The fourth-order valence-corrected chi connectivity index (χ4v) is 2.03. The molecule has 1 aromatic carbocycles. The minimum Gasteiger partial charge on any atom is -0.345 e. The van der Waals surface area contributed by atoms with E-state index in [2.05, 4.69) is 19.9 Å². The van der Waals surface area contributed by atoms with Crippen molar-refractivity contribution in [1.82, 2.24) is 19.9 Å². The molecule has 0 aliphatic heterocycles. The summed E-state index contributed by atoms with van der Waals surface area (Å²) in [5.74, 6) is 1.51. The van der Waals surface area contributed by atoms with Crippen molar-refractivity contribution in [3.8, 4) is 22.8 Å². The fourth-order valence-electron chi connectivity index (χ4n) is 1.72. The highest BCUT2D eigenvalue weighted by Crippen LogP contribution is 2.33. The minimum absolute atomic E-state index is 0.636. The van der Waals surface area contributed by atoms with Gasteiger partial charge in [-0.1, -0.05) is 17.7 Å². The number of rotatable bonds is 2. The Hall–Kier alpha value is -2.07. The van der Waals surface area contributed by atoms with Crippen molar-refractivity contribution in [2.75, 3.05) is 0 Å². The summed E-state index contributed by atoms with van der Waals surface area (Å²) < 4.78 is 0. The van der Waals surface area contributed by atoms with Gasteiger partial charge in [0.25, 0.3) is 0 Å². The quantitative estimate of drug-likeness (QED) is 0.728. The van der Waals surface area contributed by atoms with Crippen LogP contribution in [0.4, 0.5) is 0 Å². The summed E-state index contributed by atoms with van der Waals surface area (Å²) in [7, 11) is 0. The molecule has 0 amide bonds. The SMILES string of the molecule is Clc1c(-c2ncc[nH]2)cccc1-c1ncc[nH]1. The number of benzene rings is 1. The Morgan fingerprint density at radius 3 is 1.82 bits per heavy atom. The molecule has 0 aliphatic rings. The number of H-pyrrole nitrogens is 2. The maximum absolute atomic E-state index is 6.37. The average Bonchev–Trinajstić information content (AvgIpc) is 3.02. The second-order valence-corrected chi connectivity index (χ2v) is 3.92. The summed E-state index contributed by atoms with van der Waals surface area (Å²) in [6.07, 6.45) is 6.94. The average molecular weight is 245 g/mol. The molecule has 0 aliphatic carbocycles. The molecule has 3 rings (SSSR count). The maximum atomic E-state index is 6.37. The third-order valence-electron chi connectivity index (χ3n) is 2.51. The second-order valence-electron chi connectivity index (χ2n) is 3.54. The van der Waals surface area contributed by atoms with Gasteiger partial charge in [0.15, 0.2) is 0 Å². The Bertz CT molecular complexity index is 562. The number of aromatic amines is 2. The van der Waals surface area contributed by atoms with Gasteiger partial charge in [-0.15, -0.1) is 0 Å². The molecule has 4 nitrogen and oxygen atoms in total. The predicted molar refractivity (Wildman–Crippen MR) is 66.6 cm³/mol. The summed E-state index contributed by atoms with van der Waals surface area (Å²) in [4.78, 5) is 14.5. The van der Waals surface area contributed by atoms with E-state index >= 15 is 0 Å². The Balaban J connectivity index is 2.17. The van der Waals surface area contributed by atoms with Gasteiger partial charge in [-0.3, -0.25) is 0 Å². The van der Waals surface area contributed by atoms with Crippen LogP contribution in [0.2, 0.25) is 5.02 Å². The number of imidazole rings is 2. The smallest absolute Gasteiger partial charge is 0.138 e. The first-order valence-electron chi connectivity index (χ1n) is 5.14. The molecule has 0 atom stereocenters. The number of aromatic nitrogens is 4. The van der Waals surface area contributed by atoms with Crippen LogP contribution in [-0.2, 0) is 0 Å². The molecule has 5 heteroatoms. The highest BCUT2D eigenvalue weighted by molar-refractivity contribution is 6.35. The highest BCUT2D eigenvalue weighted by Gasteiger charge is 2.12. The van der Waals surface area contributed by atoms with Gasteiger partial charge in [-0.05, 0) is 12.1 Å². The Morgan fingerprint density at radius 2 is 1.41 bits per heavy atom. The fraction of sp³-hybridized carbons (Fsp3) is 0. The van der Waals surface area contributed by atoms with E-state index in [-0.39, 0.29) is 0 Å². The number of hydrogen-bond donors (Lipinski definition) is 2.